The minimum atomic E-state index is -0.787. The first-order valence-electron chi connectivity index (χ1n) is 6.66. The fourth-order valence-corrected chi connectivity index (χ4v) is 1.91. The Morgan fingerprint density at radius 1 is 1.12 bits per heavy atom. The van der Waals surface area contributed by atoms with E-state index in [1.807, 2.05) is 30.3 Å². The summed E-state index contributed by atoms with van der Waals surface area (Å²) < 4.78 is 5.73. The Kier molecular flexibility index (Phi) is 6.98. The van der Waals surface area contributed by atoms with Gasteiger partial charge in [0.25, 0.3) is 0 Å². The van der Waals surface area contributed by atoms with Crippen LogP contribution in [0.3, 0.4) is 0 Å². The van der Waals surface area contributed by atoms with Crippen LogP contribution in [-0.2, 0) is 4.65 Å². The van der Waals surface area contributed by atoms with Gasteiger partial charge in [-0.25, -0.2) is 0 Å². The monoisotopic (exact) mass is 234 g/mol. The van der Waals surface area contributed by atoms with E-state index in [9.17, 15) is 5.02 Å². The predicted octanol–water partition coefficient (Wildman–Crippen LogP) is 2.75. The van der Waals surface area contributed by atoms with Crippen molar-refractivity contribution in [3.05, 3.63) is 30.3 Å². The molecule has 0 aliphatic carbocycles. The van der Waals surface area contributed by atoms with Crippen molar-refractivity contribution in [3.63, 3.8) is 0 Å². The van der Waals surface area contributed by atoms with E-state index in [4.69, 9.17) is 4.65 Å². The Bertz CT molecular complexity index is 290. The second-order valence-electron chi connectivity index (χ2n) is 4.45. The van der Waals surface area contributed by atoms with Crippen LogP contribution in [0.2, 0.25) is 0 Å². The summed E-state index contributed by atoms with van der Waals surface area (Å²) in [5.41, 5.74) is 0.838. The molecule has 0 saturated carbocycles. The first-order valence-corrected chi connectivity index (χ1v) is 6.66. The van der Waals surface area contributed by atoms with Crippen LogP contribution in [0.25, 0.3) is 0 Å². The van der Waals surface area contributed by atoms with Gasteiger partial charge in [-0.2, -0.15) is 0 Å². The molecule has 1 N–H and O–H groups in total. The third-order valence-electron chi connectivity index (χ3n) is 2.90. The van der Waals surface area contributed by atoms with Crippen LogP contribution in [0.5, 0.6) is 0 Å². The van der Waals surface area contributed by atoms with Crippen molar-refractivity contribution in [2.75, 3.05) is 0 Å². The van der Waals surface area contributed by atoms with Crippen LogP contribution in [0, 0.1) is 0 Å². The lowest BCUT2D eigenvalue weighted by Gasteiger charge is -2.19. The highest BCUT2D eigenvalue weighted by Crippen LogP contribution is 2.11. The standard InChI is InChI=1S/C14H23BO2/c1-3-5-12-14(9-4-2)17-15(16)13-10-7-6-8-11-13/h6-8,10-11,14,16H,3-5,9,12H2,1-2H3. The summed E-state index contributed by atoms with van der Waals surface area (Å²) >= 11 is 0. The highest BCUT2D eigenvalue weighted by Gasteiger charge is 2.20. The van der Waals surface area contributed by atoms with Crippen LogP contribution >= 0.6 is 0 Å². The first kappa shape index (κ1) is 14.3. The third kappa shape index (κ3) is 5.38. The molecule has 1 aromatic rings. The Balaban J connectivity index is 2.48. The Morgan fingerprint density at radius 2 is 1.82 bits per heavy atom. The number of benzene rings is 1. The number of unbranched alkanes of at least 4 members (excludes halogenated alkanes) is 1. The van der Waals surface area contributed by atoms with Crippen molar-refractivity contribution in [1.29, 1.82) is 0 Å². The maximum absolute atomic E-state index is 9.99. The minimum absolute atomic E-state index is 0.176. The second-order valence-corrected chi connectivity index (χ2v) is 4.45. The molecule has 1 aromatic carbocycles. The molecular formula is C14H23BO2. The molecule has 0 bridgehead atoms. The smallest absolute Gasteiger partial charge is 0.423 e. The largest absolute Gasteiger partial charge is 0.491 e. The first-order chi connectivity index (χ1) is 8.27. The summed E-state index contributed by atoms with van der Waals surface area (Å²) in [4.78, 5) is 0. The molecule has 0 saturated heterocycles. The molecule has 2 nitrogen and oxygen atoms in total. The lowest BCUT2D eigenvalue weighted by molar-refractivity contribution is 0.151. The fourth-order valence-electron chi connectivity index (χ4n) is 1.91. The molecule has 0 amide bonds. The van der Waals surface area contributed by atoms with Crippen molar-refractivity contribution < 1.29 is 9.68 Å². The maximum atomic E-state index is 9.99. The van der Waals surface area contributed by atoms with Gasteiger partial charge in [0.15, 0.2) is 0 Å². The van der Waals surface area contributed by atoms with Gasteiger partial charge in [0.05, 0.1) is 0 Å². The highest BCUT2D eigenvalue weighted by molar-refractivity contribution is 6.59. The third-order valence-corrected chi connectivity index (χ3v) is 2.90. The van der Waals surface area contributed by atoms with Crippen molar-refractivity contribution in [1.82, 2.24) is 0 Å². The van der Waals surface area contributed by atoms with E-state index in [0.717, 1.165) is 31.1 Å². The Hall–Kier alpha value is -0.795. The van der Waals surface area contributed by atoms with Gasteiger partial charge in [-0.15, -0.1) is 0 Å². The molecule has 0 radical (unpaired) electrons. The van der Waals surface area contributed by atoms with Gasteiger partial charge in [-0.05, 0) is 18.3 Å². The second kappa shape index (κ2) is 8.32. The molecule has 1 atom stereocenters. The Morgan fingerprint density at radius 3 is 2.41 bits per heavy atom. The van der Waals surface area contributed by atoms with E-state index in [1.165, 1.54) is 6.42 Å². The van der Waals surface area contributed by atoms with Gasteiger partial charge in [0.1, 0.15) is 0 Å². The van der Waals surface area contributed by atoms with Gasteiger partial charge >= 0.3 is 7.12 Å². The van der Waals surface area contributed by atoms with Crippen molar-refractivity contribution in [2.24, 2.45) is 0 Å². The molecule has 3 heteroatoms. The van der Waals surface area contributed by atoms with E-state index in [1.54, 1.807) is 0 Å². The van der Waals surface area contributed by atoms with E-state index >= 15 is 0 Å². The lowest BCUT2D eigenvalue weighted by atomic mass is 9.79. The predicted molar refractivity (Wildman–Crippen MR) is 73.4 cm³/mol. The molecular weight excluding hydrogens is 211 g/mol. The summed E-state index contributed by atoms with van der Waals surface area (Å²) in [6, 6.07) is 9.57. The van der Waals surface area contributed by atoms with Crippen LogP contribution in [-0.4, -0.2) is 18.2 Å². The molecule has 0 aromatic heterocycles. The average Bonchev–Trinajstić information content (AvgIpc) is 2.37. The topological polar surface area (TPSA) is 29.5 Å². The highest BCUT2D eigenvalue weighted by atomic mass is 16.5. The van der Waals surface area contributed by atoms with E-state index < -0.39 is 7.12 Å². The maximum Gasteiger partial charge on any atom is 0.491 e. The normalized spacial score (nSPS) is 12.4. The van der Waals surface area contributed by atoms with Crippen LogP contribution in [0.1, 0.15) is 46.0 Å². The summed E-state index contributed by atoms with van der Waals surface area (Å²) in [7, 11) is -0.787. The van der Waals surface area contributed by atoms with Crippen molar-refractivity contribution in [3.8, 4) is 0 Å². The molecule has 0 heterocycles. The number of hydrogen-bond donors (Lipinski definition) is 1. The van der Waals surface area contributed by atoms with Crippen LogP contribution < -0.4 is 5.46 Å². The van der Waals surface area contributed by atoms with Crippen molar-refractivity contribution >= 4 is 12.6 Å². The Labute approximate surface area is 105 Å². The van der Waals surface area contributed by atoms with Gasteiger partial charge in [-0.1, -0.05) is 63.4 Å². The zero-order chi connectivity index (χ0) is 12.5. The van der Waals surface area contributed by atoms with Crippen molar-refractivity contribution in [2.45, 2.75) is 52.1 Å². The summed E-state index contributed by atoms with van der Waals surface area (Å²) in [5, 5.41) is 9.99. The minimum Gasteiger partial charge on any atom is -0.423 e. The van der Waals surface area contributed by atoms with Gasteiger partial charge in [0, 0.05) is 6.10 Å². The fraction of sp³-hybridized carbons (Fsp3) is 0.571. The van der Waals surface area contributed by atoms with Gasteiger partial charge < -0.3 is 9.68 Å². The van der Waals surface area contributed by atoms with E-state index in [2.05, 4.69) is 13.8 Å². The van der Waals surface area contributed by atoms with E-state index in [-0.39, 0.29) is 6.10 Å². The summed E-state index contributed by atoms with van der Waals surface area (Å²) in [6.07, 6.45) is 5.65. The molecule has 0 fully saturated rings. The van der Waals surface area contributed by atoms with E-state index in [0.29, 0.717) is 0 Å². The average molecular weight is 234 g/mol. The molecule has 1 unspecified atom stereocenters. The molecule has 0 aliphatic rings. The van der Waals surface area contributed by atoms with Gasteiger partial charge in [0.2, 0.25) is 0 Å². The molecule has 94 valence electrons. The molecule has 0 spiro atoms. The lowest BCUT2D eigenvalue weighted by Crippen LogP contribution is -2.37. The molecule has 0 aliphatic heterocycles. The van der Waals surface area contributed by atoms with Crippen LogP contribution in [0.4, 0.5) is 0 Å². The zero-order valence-corrected chi connectivity index (χ0v) is 10.9. The van der Waals surface area contributed by atoms with Crippen LogP contribution in [0.15, 0.2) is 30.3 Å². The zero-order valence-electron chi connectivity index (χ0n) is 10.9. The SMILES string of the molecule is CCCCC(CCC)OB(O)c1ccccc1. The summed E-state index contributed by atoms with van der Waals surface area (Å²) in [6.45, 7) is 4.33. The summed E-state index contributed by atoms with van der Waals surface area (Å²) in [5.74, 6) is 0. The quantitative estimate of drug-likeness (QED) is 0.701. The molecule has 1 rings (SSSR count). The molecule has 17 heavy (non-hydrogen) atoms. The number of rotatable bonds is 8. The number of hydrogen-bond acceptors (Lipinski definition) is 2. The van der Waals surface area contributed by atoms with Gasteiger partial charge in [-0.3, -0.25) is 0 Å².